The van der Waals surface area contributed by atoms with Crippen LogP contribution < -0.4 is 0 Å². The Hall–Kier alpha value is 0. The lowest BCUT2D eigenvalue weighted by Crippen LogP contribution is -1.95. The van der Waals surface area contributed by atoms with E-state index in [0.29, 0.717) is 0 Å². The molecule has 3 unspecified atom stereocenters. The summed E-state index contributed by atoms with van der Waals surface area (Å²) in [6, 6.07) is 0. The van der Waals surface area contributed by atoms with E-state index in [1.165, 1.54) is 38.5 Å². The molecular weight excluding hydrogens is 168 g/mol. The molecule has 0 aromatic rings. The maximum Gasteiger partial charge on any atom is -0.0417 e. The lowest BCUT2D eigenvalue weighted by atomic mass is 10.0. The average molecular weight is 196 g/mol. The predicted octanol–water partition coefficient (Wildman–Crippen LogP) is 4.89. The van der Waals surface area contributed by atoms with Gasteiger partial charge in [-0.15, -0.1) is 0 Å². The summed E-state index contributed by atoms with van der Waals surface area (Å²) in [4.78, 5) is 0. The molecule has 2 aliphatic rings. The summed E-state index contributed by atoms with van der Waals surface area (Å²) in [6.45, 7) is 9.42. The lowest BCUT2D eigenvalue weighted by Gasteiger charge is -2.05. The molecule has 2 saturated carbocycles. The van der Waals surface area contributed by atoms with Gasteiger partial charge in [0.2, 0.25) is 0 Å². The van der Waals surface area contributed by atoms with Gasteiger partial charge in [-0.3, -0.25) is 0 Å². The molecule has 0 aromatic carbocycles. The molecular formula is C14H28. The molecule has 2 fully saturated rings. The molecule has 0 heterocycles. The van der Waals surface area contributed by atoms with E-state index in [0.717, 1.165) is 23.7 Å². The first-order valence-electron chi connectivity index (χ1n) is 6.59. The molecule has 0 aliphatic heterocycles. The fourth-order valence-corrected chi connectivity index (χ4v) is 2.82. The summed E-state index contributed by atoms with van der Waals surface area (Å²) in [5, 5.41) is 0. The van der Waals surface area contributed by atoms with Crippen LogP contribution in [0, 0.1) is 23.7 Å². The third-order valence-corrected chi connectivity index (χ3v) is 4.25. The van der Waals surface area contributed by atoms with Gasteiger partial charge in [-0.25, -0.2) is 0 Å². The highest BCUT2D eigenvalue weighted by Gasteiger charge is 2.17. The number of rotatable bonds is 0. The van der Waals surface area contributed by atoms with Gasteiger partial charge in [0.05, 0.1) is 0 Å². The van der Waals surface area contributed by atoms with Crippen molar-refractivity contribution in [2.45, 2.75) is 66.2 Å². The third kappa shape index (κ3) is 4.02. The molecule has 4 atom stereocenters. The van der Waals surface area contributed by atoms with Crippen molar-refractivity contribution in [1.82, 2.24) is 0 Å². The van der Waals surface area contributed by atoms with Crippen molar-refractivity contribution >= 4 is 0 Å². The molecule has 0 bridgehead atoms. The molecule has 0 nitrogen and oxygen atoms in total. The van der Waals surface area contributed by atoms with E-state index < -0.39 is 0 Å². The molecule has 0 spiro atoms. The summed E-state index contributed by atoms with van der Waals surface area (Å²) in [6.07, 6.45) is 8.84. The van der Waals surface area contributed by atoms with Crippen LogP contribution in [0.1, 0.15) is 66.2 Å². The first kappa shape index (κ1) is 12.1. The van der Waals surface area contributed by atoms with Gasteiger partial charge < -0.3 is 0 Å². The van der Waals surface area contributed by atoms with Gasteiger partial charge in [-0.05, 0) is 30.1 Å². The maximum atomic E-state index is 2.36. The second-order valence-corrected chi connectivity index (χ2v) is 5.91. The minimum Gasteiger partial charge on any atom is -0.0625 e. The Bertz CT molecular complexity index is 134. The minimum atomic E-state index is 1.01. The highest BCUT2D eigenvalue weighted by molar-refractivity contribution is 4.69. The number of hydrogen-bond acceptors (Lipinski definition) is 0. The van der Waals surface area contributed by atoms with Gasteiger partial charge >= 0.3 is 0 Å². The van der Waals surface area contributed by atoms with Gasteiger partial charge in [0, 0.05) is 0 Å². The van der Waals surface area contributed by atoms with E-state index in [4.69, 9.17) is 0 Å². The summed E-state index contributed by atoms with van der Waals surface area (Å²) < 4.78 is 0. The highest BCUT2D eigenvalue weighted by atomic mass is 14.2. The Kier molecular flexibility index (Phi) is 4.98. The molecule has 2 rings (SSSR count). The Balaban J connectivity index is 0.000000140. The topological polar surface area (TPSA) is 0 Å². The van der Waals surface area contributed by atoms with Crippen molar-refractivity contribution in [1.29, 1.82) is 0 Å². The SMILES string of the molecule is CC1CCCC1C.CC1CC[C@@H](C)C1. The fraction of sp³-hybridized carbons (Fsp3) is 1.00. The molecule has 0 amide bonds. The largest absolute Gasteiger partial charge is 0.0625 e. The Morgan fingerprint density at radius 1 is 0.643 bits per heavy atom. The lowest BCUT2D eigenvalue weighted by molar-refractivity contribution is 0.457. The standard InChI is InChI=1S/2C7H14/c1-6-3-4-7(2)5-6;1-6-4-3-5-7(6)2/h2*6-7H,3-5H2,1-2H3/t6-,7?;/m1./s1. The van der Waals surface area contributed by atoms with Crippen LogP contribution in [0.25, 0.3) is 0 Å². The van der Waals surface area contributed by atoms with Crippen LogP contribution in [0.5, 0.6) is 0 Å². The zero-order valence-corrected chi connectivity index (χ0v) is 10.6. The van der Waals surface area contributed by atoms with Crippen molar-refractivity contribution in [3.8, 4) is 0 Å². The van der Waals surface area contributed by atoms with Gasteiger partial charge in [-0.2, -0.15) is 0 Å². The molecule has 0 N–H and O–H groups in total. The van der Waals surface area contributed by atoms with Crippen LogP contribution in [0.15, 0.2) is 0 Å². The Morgan fingerprint density at radius 3 is 1.21 bits per heavy atom. The molecule has 14 heavy (non-hydrogen) atoms. The van der Waals surface area contributed by atoms with E-state index in [9.17, 15) is 0 Å². The molecule has 0 saturated heterocycles. The summed E-state index contributed by atoms with van der Waals surface area (Å²) in [7, 11) is 0. The smallest absolute Gasteiger partial charge is 0.0417 e. The molecule has 2 aliphatic carbocycles. The van der Waals surface area contributed by atoms with Crippen molar-refractivity contribution in [3.05, 3.63) is 0 Å². The molecule has 0 heteroatoms. The van der Waals surface area contributed by atoms with E-state index in [2.05, 4.69) is 27.7 Å². The van der Waals surface area contributed by atoms with E-state index >= 15 is 0 Å². The Morgan fingerprint density at radius 2 is 1.07 bits per heavy atom. The molecule has 0 radical (unpaired) electrons. The predicted molar refractivity (Wildman–Crippen MR) is 64.4 cm³/mol. The van der Waals surface area contributed by atoms with Crippen LogP contribution >= 0.6 is 0 Å². The third-order valence-electron chi connectivity index (χ3n) is 4.25. The summed E-state index contributed by atoms with van der Waals surface area (Å²) in [5.74, 6) is 4.07. The number of hydrogen-bond donors (Lipinski definition) is 0. The summed E-state index contributed by atoms with van der Waals surface area (Å²) in [5.41, 5.74) is 0. The van der Waals surface area contributed by atoms with Crippen LogP contribution in [-0.2, 0) is 0 Å². The maximum absolute atomic E-state index is 2.36. The van der Waals surface area contributed by atoms with Gasteiger partial charge in [0.15, 0.2) is 0 Å². The second-order valence-electron chi connectivity index (χ2n) is 5.91. The van der Waals surface area contributed by atoms with Crippen molar-refractivity contribution in [2.24, 2.45) is 23.7 Å². The molecule has 84 valence electrons. The van der Waals surface area contributed by atoms with E-state index in [-0.39, 0.29) is 0 Å². The monoisotopic (exact) mass is 196 g/mol. The summed E-state index contributed by atoms with van der Waals surface area (Å²) >= 11 is 0. The first-order valence-corrected chi connectivity index (χ1v) is 6.59. The zero-order valence-electron chi connectivity index (χ0n) is 10.6. The average Bonchev–Trinajstić information content (AvgIpc) is 2.65. The highest BCUT2D eigenvalue weighted by Crippen LogP contribution is 2.30. The van der Waals surface area contributed by atoms with E-state index in [1.54, 1.807) is 0 Å². The van der Waals surface area contributed by atoms with Gasteiger partial charge in [-0.1, -0.05) is 59.8 Å². The van der Waals surface area contributed by atoms with Crippen molar-refractivity contribution in [3.63, 3.8) is 0 Å². The second kappa shape index (κ2) is 5.78. The Labute approximate surface area is 90.5 Å². The van der Waals surface area contributed by atoms with Crippen LogP contribution in [-0.4, -0.2) is 0 Å². The molecule has 0 aromatic heterocycles. The normalized spacial score (nSPS) is 42.0. The van der Waals surface area contributed by atoms with Crippen molar-refractivity contribution in [2.75, 3.05) is 0 Å². The van der Waals surface area contributed by atoms with Crippen LogP contribution in [0.3, 0.4) is 0 Å². The quantitative estimate of drug-likeness (QED) is 0.518. The van der Waals surface area contributed by atoms with Crippen LogP contribution in [0.4, 0.5) is 0 Å². The first-order chi connectivity index (χ1) is 6.59. The van der Waals surface area contributed by atoms with Crippen molar-refractivity contribution < 1.29 is 0 Å². The van der Waals surface area contributed by atoms with Crippen LogP contribution in [0.2, 0.25) is 0 Å². The van der Waals surface area contributed by atoms with E-state index in [1.807, 2.05) is 0 Å². The zero-order chi connectivity index (χ0) is 10.6. The minimum absolute atomic E-state index is 1.01. The van der Waals surface area contributed by atoms with Gasteiger partial charge in [0.1, 0.15) is 0 Å². The van der Waals surface area contributed by atoms with Gasteiger partial charge in [0.25, 0.3) is 0 Å². The fourth-order valence-electron chi connectivity index (χ4n) is 2.82.